The molecule has 0 spiro atoms. The summed E-state index contributed by atoms with van der Waals surface area (Å²) in [7, 11) is 0. The number of furan rings is 1. The van der Waals surface area contributed by atoms with Gasteiger partial charge in [0.25, 0.3) is 0 Å². The number of benzene rings is 1. The summed E-state index contributed by atoms with van der Waals surface area (Å²) in [5.41, 5.74) is 3.11. The molecule has 1 aliphatic rings. The number of nitrogens with one attached hydrogen (secondary N) is 2. The minimum Gasteiger partial charge on any atom is -0.461 e. The molecule has 2 amide bonds. The van der Waals surface area contributed by atoms with Crippen LogP contribution in [-0.4, -0.2) is 17.6 Å². The van der Waals surface area contributed by atoms with Crippen LogP contribution < -0.4 is 10.6 Å². The summed E-state index contributed by atoms with van der Waals surface area (Å²) in [5, 5.41) is 6.27. The van der Waals surface area contributed by atoms with Gasteiger partial charge in [-0.15, -0.1) is 11.3 Å². The summed E-state index contributed by atoms with van der Waals surface area (Å²) in [6.07, 6.45) is 4.43. The van der Waals surface area contributed by atoms with Crippen LogP contribution in [0.3, 0.4) is 0 Å². The highest BCUT2D eigenvalue weighted by Gasteiger charge is 2.29. The maximum Gasteiger partial charge on any atom is 0.231 e. The summed E-state index contributed by atoms with van der Waals surface area (Å²) in [4.78, 5) is 38.2. The Morgan fingerprint density at radius 1 is 1.13 bits per heavy atom. The Balaban J connectivity index is 1.55. The molecule has 2 N–H and O–H groups in total. The predicted octanol–water partition coefficient (Wildman–Crippen LogP) is 4.84. The Morgan fingerprint density at radius 3 is 2.58 bits per heavy atom. The van der Waals surface area contributed by atoms with Gasteiger partial charge in [-0.25, -0.2) is 0 Å². The molecule has 1 aliphatic carbocycles. The second kappa shape index (κ2) is 8.89. The van der Waals surface area contributed by atoms with E-state index in [2.05, 4.69) is 17.6 Å². The second-order valence-corrected chi connectivity index (χ2v) is 9.07. The van der Waals surface area contributed by atoms with Crippen molar-refractivity contribution in [1.82, 2.24) is 0 Å². The van der Waals surface area contributed by atoms with E-state index in [9.17, 15) is 14.4 Å². The third-order valence-electron chi connectivity index (χ3n) is 5.38. The zero-order valence-corrected chi connectivity index (χ0v) is 18.3. The fourth-order valence-electron chi connectivity index (χ4n) is 3.88. The van der Waals surface area contributed by atoms with Crippen molar-refractivity contribution in [3.63, 3.8) is 0 Å². The number of fused-ring (bicyclic) bond motifs is 1. The van der Waals surface area contributed by atoms with Crippen molar-refractivity contribution in [3.8, 4) is 0 Å². The molecular weight excluding hydrogens is 412 g/mol. The Morgan fingerprint density at radius 2 is 1.90 bits per heavy atom. The number of hydrogen-bond acceptors (Lipinski definition) is 5. The molecule has 3 aromatic rings. The van der Waals surface area contributed by atoms with E-state index in [-0.39, 0.29) is 29.8 Å². The van der Waals surface area contributed by atoms with Crippen molar-refractivity contribution in [2.45, 2.75) is 39.5 Å². The van der Waals surface area contributed by atoms with Gasteiger partial charge in [0.05, 0.1) is 18.2 Å². The number of thiophene rings is 1. The highest BCUT2D eigenvalue weighted by atomic mass is 32.1. The third-order valence-corrected chi connectivity index (χ3v) is 6.55. The highest BCUT2D eigenvalue weighted by Crippen LogP contribution is 2.40. The highest BCUT2D eigenvalue weighted by molar-refractivity contribution is 7.17. The van der Waals surface area contributed by atoms with Crippen LogP contribution in [0.4, 0.5) is 10.7 Å². The molecule has 1 unspecified atom stereocenters. The van der Waals surface area contributed by atoms with Crippen LogP contribution in [0.15, 0.2) is 47.1 Å². The van der Waals surface area contributed by atoms with E-state index in [1.807, 2.05) is 0 Å². The van der Waals surface area contributed by atoms with Crippen molar-refractivity contribution < 1.29 is 18.8 Å². The van der Waals surface area contributed by atoms with Gasteiger partial charge in [-0.3, -0.25) is 14.4 Å². The van der Waals surface area contributed by atoms with Gasteiger partial charge in [-0.2, -0.15) is 0 Å². The van der Waals surface area contributed by atoms with Crippen LogP contribution in [0.2, 0.25) is 0 Å². The minimum atomic E-state index is -0.188. The van der Waals surface area contributed by atoms with Gasteiger partial charge in [-0.05, 0) is 60.6 Å². The number of carbonyl (C=O) groups excluding carboxylic acids is 3. The van der Waals surface area contributed by atoms with Gasteiger partial charge < -0.3 is 15.1 Å². The van der Waals surface area contributed by atoms with Crippen LogP contribution >= 0.6 is 11.3 Å². The van der Waals surface area contributed by atoms with Crippen LogP contribution in [0.25, 0.3) is 0 Å². The smallest absolute Gasteiger partial charge is 0.231 e. The molecule has 7 heteroatoms. The van der Waals surface area contributed by atoms with Crippen molar-refractivity contribution in [3.05, 3.63) is 70.0 Å². The SMILES string of the molecule is CC(=O)Nc1ccc(CC(=O)Nc2sc3c(c2C(=O)c2ccco2)CCC(C)C3)cc1. The first-order valence-electron chi connectivity index (χ1n) is 10.3. The van der Waals surface area contributed by atoms with Crippen LogP contribution in [-0.2, 0) is 28.9 Å². The molecule has 1 atom stereocenters. The number of hydrogen-bond donors (Lipinski definition) is 2. The Bertz CT molecular complexity index is 1110. The number of anilines is 2. The maximum atomic E-state index is 13.1. The molecule has 0 aliphatic heterocycles. The van der Waals surface area contributed by atoms with Crippen LogP contribution in [0, 0.1) is 5.92 Å². The lowest BCUT2D eigenvalue weighted by atomic mass is 9.87. The lowest BCUT2D eigenvalue weighted by Gasteiger charge is -2.18. The molecule has 31 heavy (non-hydrogen) atoms. The Hall–Kier alpha value is -3.19. The zero-order chi connectivity index (χ0) is 22.0. The lowest BCUT2D eigenvalue weighted by Crippen LogP contribution is -2.17. The normalized spacial score (nSPS) is 15.2. The first kappa shape index (κ1) is 21.1. The quantitative estimate of drug-likeness (QED) is 0.542. The Kier molecular flexibility index (Phi) is 6.04. The van der Waals surface area contributed by atoms with Crippen molar-refractivity contribution >= 4 is 39.6 Å². The monoisotopic (exact) mass is 436 g/mol. The average molecular weight is 437 g/mol. The topological polar surface area (TPSA) is 88.4 Å². The number of ketones is 1. The van der Waals surface area contributed by atoms with E-state index >= 15 is 0 Å². The standard InChI is InChI=1S/C24H24N2O4S/c1-14-5-10-18-20(12-14)31-24(22(18)23(29)19-4-3-11-30-19)26-21(28)13-16-6-8-17(9-7-16)25-15(2)27/h3-4,6-9,11,14H,5,10,12-13H2,1-2H3,(H,25,27)(H,26,28). The largest absolute Gasteiger partial charge is 0.461 e. The minimum absolute atomic E-state index is 0.143. The van der Waals surface area contributed by atoms with E-state index in [4.69, 9.17) is 4.42 Å². The fraction of sp³-hybridized carbons (Fsp3) is 0.292. The van der Waals surface area contributed by atoms with E-state index in [1.165, 1.54) is 29.4 Å². The molecule has 2 heterocycles. The van der Waals surface area contributed by atoms with E-state index in [0.717, 1.165) is 30.4 Å². The van der Waals surface area contributed by atoms with Gasteiger partial charge in [0, 0.05) is 17.5 Å². The first-order valence-corrected chi connectivity index (χ1v) is 11.1. The second-order valence-electron chi connectivity index (χ2n) is 7.97. The molecule has 0 saturated heterocycles. The number of rotatable bonds is 6. The molecule has 0 saturated carbocycles. The first-order chi connectivity index (χ1) is 14.9. The van der Waals surface area contributed by atoms with Gasteiger partial charge in [0.15, 0.2) is 5.76 Å². The molecule has 6 nitrogen and oxygen atoms in total. The van der Waals surface area contributed by atoms with Crippen LogP contribution in [0.1, 0.15) is 52.4 Å². The average Bonchev–Trinajstić information content (AvgIpc) is 3.36. The summed E-state index contributed by atoms with van der Waals surface area (Å²) in [5.74, 6) is 0.321. The van der Waals surface area contributed by atoms with Crippen molar-refractivity contribution in [2.24, 2.45) is 5.92 Å². The summed E-state index contributed by atoms with van der Waals surface area (Å²) >= 11 is 1.50. The molecule has 0 fully saturated rings. The molecule has 4 rings (SSSR count). The van der Waals surface area contributed by atoms with E-state index in [0.29, 0.717) is 22.2 Å². The molecule has 0 radical (unpaired) electrons. The predicted molar refractivity (Wildman–Crippen MR) is 121 cm³/mol. The zero-order valence-electron chi connectivity index (χ0n) is 17.5. The van der Waals surface area contributed by atoms with Gasteiger partial charge in [-0.1, -0.05) is 19.1 Å². The van der Waals surface area contributed by atoms with Gasteiger partial charge in [0.1, 0.15) is 5.00 Å². The van der Waals surface area contributed by atoms with E-state index < -0.39 is 0 Å². The van der Waals surface area contributed by atoms with Gasteiger partial charge >= 0.3 is 0 Å². The molecule has 1 aromatic carbocycles. The van der Waals surface area contributed by atoms with Crippen LogP contribution in [0.5, 0.6) is 0 Å². The fourth-order valence-corrected chi connectivity index (χ4v) is 5.30. The van der Waals surface area contributed by atoms with E-state index in [1.54, 1.807) is 36.4 Å². The summed E-state index contributed by atoms with van der Waals surface area (Å²) in [6.45, 7) is 3.66. The molecule has 2 aromatic heterocycles. The van der Waals surface area contributed by atoms with Crippen molar-refractivity contribution in [1.29, 1.82) is 0 Å². The number of carbonyl (C=O) groups is 3. The molecular formula is C24H24N2O4S. The summed E-state index contributed by atoms with van der Waals surface area (Å²) in [6, 6.07) is 10.5. The maximum absolute atomic E-state index is 13.1. The molecule has 0 bridgehead atoms. The van der Waals surface area contributed by atoms with Crippen molar-refractivity contribution in [2.75, 3.05) is 10.6 Å². The summed E-state index contributed by atoms with van der Waals surface area (Å²) < 4.78 is 5.34. The van der Waals surface area contributed by atoms with Gasteiger partial charge in [0.2, 0.25) is 17.6 Å². The lowest BCUT2D eigenvalue weighted by molar-refractivity contribution is -0.116. The Labute approximate surface area is 184 Å². The third kappa shape index (κ3) is 4.77. The number of amides is 2. The molecule has 160 valence electrons.